The SMILES string of the molecule is CCCC(C)C1C(O[Si](C)(C)C)=C[C@@H]2CC(O[Si](C)(C)C)CC[C@]2(C)C1CCCCC(=O)OC. The van der Waals surface area contributed by atoms with Crippen molar-refractivity contribution in [1.29, 1.82) is 0 Å². The maximum Gasteiger partial charge on any atom is 0.305 e. The fourth-order valence-electron chi connectivity index (χ4n) is 6.58. The van der Waals surface area contributed by atoms with Crippen LogP contribution >= 0.6 is 0 Å². The zero-order valence-corrected chi connectivity index (χ0v) is 26.0. The van der Waals surface area contributed by atoms with Crippen LogP contribution in [0.5, 0.6) is 0 Å². The van der Waals surface area contributed by atoms with E-state index in [4.69, 9.17) is 13.6 Å². The van der Waals surface area contributed by atoms with Crippen LogP contribution in [0.3, 0.4) is 0 Å². The van der Waals surface area contributed by atoms with Gasteiger partial charge in [-0.3, -0.25) is 4.79 Å². The minimum absolute atomic E-state index is 0.0877. The molecule has 6 heteroatoms. The van der Waals surface area contributed by atoms with E-state index in [1.54, 1.807) is 0 Å². The Kier molecular flexibility index (Phi) is 10.5. The van der Waals surface area contributed by atoms with E-state index in [0.717, 1.165) is 25.7 Å². The lowest BCUT2D eigenvalue weighted by Gasteiger charge is -2.56. The van der Waals surface area contributed by atoms with Gasteiger partial charge in [0.1, 0.15) is 0 Å². The van der Waals surface area contributed by atoms with Crippen molar-refractivity contribution in [2.24, 2.45) is 29.1 Å². The molecule has 2 aliphatic rings. The number of esters is 1. The largest absolute Gasteiger partial charge is 0.547 e. The standard InChI is InChI=1S/C28H54O4Si2/c1-11-14-21(2)27-24(15-12-13-16-26(29)30-4)28(3)18-17-23(31-33(5,6)7)19-22(28)20-25(27)32-34(8,9)10/h20-24,27H,11-19H2,1-10H3/t21?,22-,23?,24?,27?,28-/m0/s1. The molecule has 0 heterocycles. The molecule has 0 N–H and O–H groups in total. The Labute approximate surface area is 212 Å². The predicted molar refractivity (Wildman–Crippen MR) is 148 cm³/mol. The zero-order valence-electron chi connectivity index (χ0n) is 24.0. The topological polar surface area (TPSA) is 44.8 Å². The van der Waals surface area contributed by atoms with Gasteiger partial charge in [-0.25, -0.2) is 0 Å². The summed E-state index contributed by atoms with van der Waals surface area (Å²) in [7, 11) is -1.81. The Morgan fingerprint density at radius 2 is 1.82 bits per heavy atom. The van der Waals surface area contributed by atoms with E-state index >= 15 is 0 Å². The number of carbonyl (C=O) groups excluding carboxylic acids is 1. The van der Waals surface area contributed by atoms with Gasteiger partial charge in [0, 0.05) is 18.4 Å². The second-order valence-corrected chi connectivity index (χ2v) is 22.1. The molecule has 0 spiro atoms. The van der Waals surface area contributed by atoms with Crippen molar-refractivity contribution >= 4 is 22.6 Å². The van der Waals surface area contributed by atoms with Crippen LogP contribution < -0.4 is 0 Å². The molecule has 6 atom stereocenters. The first-order valence-corrected chi connectivity index (χ1v) is 20.7. The third kappa shape index (κ3) is 8.23. The normalized spacial score (nSPS) is 30.8. The van der Waals surface area contributed by atoms with Crippen LogP contribution in [0.1, 0.15) is 78.6 Å². The smallest absolute Gasteiger partial charge is 0.305 e. The summed E-state index contributed by atoms with van der Waals surface area (Å²) < 4.78 is 18.4. The van der Waals surface area contributed by atoms with Crippen LogP contribution in [0, 0.1) is 29.1 Å². The molecule has 198 valence electrons. The van der Waals surface area contributed by atoms with E-state index in [0.29, 0.717) is 36.2 Å². The van der Waals surface area contributed by atoms with Gasteiger partial charge in [0.2, 0.25) is 8.32 Å². The number of unbranched alkanes of at least 4 members (excludes halogenated alkanes) is 1. The first-order chi connectivity index (χ1) is 15.7. The third-order valence-corrected chi connectivity index (χ3v) is 9.91. The number of hydrogen-bond donors (Lipinski definition) is 0. The lowest BCUT2D eigenvalue weighted by molar-refractivity contribution is -0.140. The molecule has 4 unspecified atom stereocenters. The molecule has 4 nitrogen and oxygen atoms in total. The minimum Gasteiger partial charge on any atom is -0.547 e. The van der Waals surface area contributed by atoms with Gasteiger partial charge in [0.25, 0.3) is 0 Å². The maximum absolute atomic E-state index is 11.7. The van der Waals surface area contributed by atoms with E-state index in [-0.39, 0.29) is 11.4 Å². The van der Waals surface area contributed by atoms with Crippen LogP contribution in [0.4, 0.5) is 0 Å². The van der Waals surface area contributed by atoms with Crippen LogP contribution in [0.15, 0.2) is 11.8 Å². The Hall–Kier alpha value is -0.596. The molecule has 0 bridgehead atoms. The molecular formula is C28H54O4Si2. The fourth-order valence-corrected chi connectivity index (χ4v) is 8.71. The molecule has 0 radical (unpaired) electrons. The van der Waals surface area contributed by atoms with Gasteiger partial charge in [0.15, 0.2) is 8.32 Å². The maximum atomic E-state index is 11.7. The number of rotatable bonds is 12. The van der Waals surface area contributed by atoms with Crippen molar-refractivity contribution in [1.82, 2.24) is 0 Å². The number of ether oxygens (including phenoxy) is 1. The quantitative estimate of drug-likeness (QED) is 0.151. The van der Waals surface area contributed by atoms with Gasteiger partial charge >= 0.3 is 5.97 Å². The number of hydrogen-bond acceptors (Lipinski definition) is 4. The van der Waals surface area contributed by atoms with E-state index in [1.807, 2.05) is 0 Å². The van der Waals surface area contributed by atoms with Crippen molar-refractivity contribution < 1.29 is 18.4 Å². The summed E-state index contributed by atoms with van der Waals surface area (Å²) in [6.45, 7) is 21.2. The van der Waals surface area contributed by atoms with Crippen molar-refractivity contribution in [2.45, 2.75) is 124 Å². The predicted octanol–water partition coefficient (Wildman–Crippen LogP) is 8.16. The first kappa shape index (κ1) is 29.6. The highest BCUT2D eigenvalue weighted by Gasteiger charge is 2.52. The molecule has 0 saturated heterocycles. The van der Waals surface area contributed by atoms with Crippen LogP contribution in [0.25, 0.3) is 0 Å². The van der Waals surface area contributed by atoms with Crippen molar-refractivity contribution in [3.63, 3.8) is 0 Å². The van der Waals surface area contributed by atoms with Gasteiger partial charge < -0.3 is 13.6 Å². The monoisotopic (exact) mass is 510 g/mol. The Morgan fingerprint density at radius 3 is 2.38 bits per heavy atom. The Bertz CT molecular complexity index is 694. The Morgan fingerprint density at radius 1 is 1.15 bits per heavy atom. The molecular weight excluding hydrogens is 456 g/mol. The molecule has 34 heavy (non-hydrogen) atoms. The van der Waals surface area contributed by atoms with E-state index in [2.05, 4.69) is 66.1 Å². The van der Waals surface area contributed by atoms with Gasteiger partial charge in [-0.2, -0.15) is 0 Å². The first-order valence-electron chi connectivity index (χ1n) is 13.9. The average Bonchev–Trinajstić information content (AvgIpc) is 2.69. The lowest BCUT2D eigenvalue weighted by atomic mass is 9.51. The van der Waals surface area contributed by atoms with E-state index < -0.39 is 16.6 Å². The van der Waals surface area contributed by atoms with Crippen LogP contribution in [-0.4, -0.2) is 35.8 Å². The molecule has 1 saturated carbocycles. The zero-order chi connectivity index (χ0) is 25.7. The number of allylic oxidation sites excluding steroid dienone is 2. The van der Waals surface area contributed by atoms with Crippen molar-refractivity contribution in [3.05, 3.63) is 11.8 Å². The highest BCUT2D eigenvalue weighted by molar-refractivity contribution is 6.70. The molecule has 0 amide bonds. The van der Waals surface area contributed by atoms with Crippen LogP contribution in [-0.2, 0) is 18.4 Å². The second-order valence-electron chi connectivity index (χ2n) is 13.2. The highest BCUT2D eigenvalue weighted by atomic mass is 28.4. The number of fused-ring (bicyclic) bond motifs is 1. The number of carbonyl (C=O) groups is 1. The molecule has 0 aromatic carbocycles. The summed E-state index contributed by atoms with van der Waals surface area (Å²) >= 11 is 0. The molecule has 2 aliphatic carbocycles. The highest BCUT2D eigenvalue weighted by Crippen LogP contribution is 2.58. The van der Waals surface area contributed by atoms with Crippen molar-refractivity contribution in [2.75, 3.05) is 7.11 Å². The minimum atomic E-state index is -1.73. The summed E-state index contributed by atoms with van der Waals surface area (Å²) in [4.78, 5) is 11.7. The fraction of sp³-hybridized carbons (Fsp3) is 0.893. The summed E-state index contributed by atoms with van der Waals surface area (Å²) in [5, 5.41) is 0. The number of methoxy groups -OCH3 is 1. The second kappa shape index (κ2) is 12.1. The van der Waals surface area contributed by atoms with Gasteiger partial charge in [-0.1, -0.05) is 40.0 Å². The molecule has 2 rings (SSSR count). The van der Waals surface area contributed by atoms with Gasteiger partial charge in [0.05, 0.1) is 12.9 Å². The molecule has 0 aromatic heterocycles. The van der Waals surface area contributed by atoms with Crippen molar-refractivity contribution in [3.8, 4) is 0 Å². The van der Waals surface area contributed by atoms with Gasteiger partial charge in [-0.05, 0) is 101 Å². The van der Waals surface area contributed by atoms with Gasteiger partial charge in [-0.15, -0.1) is 0 Å². The summed E-state index contributed by atoms with van der Waals surface area (Å²) in [6, 6.07) is 0. The molecule has 0 aliphatic heterocycles. The summed E-state index contributed by atoms with van der Waals surface area (Å²) in [5.41, 5.74) is 0.267. The summed E-state index contributed by atoms with van der Waals surface area (Å²) in [5.74, 6) is 3.36. The average molecular weight is 511 g/mol. The molecule has 1 fully saturated rings. The Balaban J connectivity index is 2.39. The van der Waals surface area contributed by atoms with Crippen LogP contribution in [0.2, 0.25) is 39.3 Å². The summed E-state index contributed by atoms with van der Waals surface area (Å²) in [6.07, 6.45) is 12.6. The molecule has 0 aromatic rings. The lowest BCUT2D eigenvalue weighted by Crippen LogP contribution is -2.51. The van der Waals surface area contributed by atoms with E-state index in [1.165, 1.54) is 38.6 Å². The third-order valence-electron chi connectivity index (χ3n) is 8.02. The van der Waals surface area contributed by atoms with E-state index in [9.17, 15) is 4.79 Å².